The third kappa shape index (κ3) is 2.51. The van der Waals surface area contributed by atoms with Gasteiger partial charge < -0.3 is 14.9 Å². The third-order valence-corrected chi connectivity index (χ3v) is 2.92. The second-order valence-electron chi connectivity index (χ2n) is 3.84. The number of hydrogen-bond donors (Lipinski definition) is 0. The van der Waals surface area contributed by atoms with Gasteiger partial charge in [-0.1, -0.05) is 11.6 Å². The smallest absolute Gasteiger partial charge is 0.381 e. The lowest BCUT2D eigenvalue weighted by Gasteiger charge is -2.20. The Morgan fingerprint density at radius 1 is 1.62 bits per heavy atom. The van der Waals surface area contributed by atoms with Crippen LogP contribution in [0.1, 0.15) is 12.8 Å². The third-order valence-electron chi connectivity index (χ3n) is 2.66. The average molecular weight is 246 g/mol. The molecule has 0 atom stereocenters. The van der Waals surface area contributed by atoms with E-state index in [9.17, 15) is 10.1 Å². The van der Waals surface area contributed by atoms with Crippen molar-refractivity contribution in [1.82, 2.24) is 9.78 Å². The largest absolute Gasteiger partial charge is 0.408 e. The summed E-state index contributed by atoms with van der Waals surface area (Å²) in [6, 6.07) is 0. The zero-order chi connectivity index (χ0) is 11.5. The number of aromatic nitrogens is 2. The Balaban J connectivity index is 2.03. The number of hydrogen-bond acceptors (Lipinski definition) is 4. The fourth-order valence-electron chi connectivity index (χ4n) is 1.80. The molecule has 0 saturated carbocycles. The highest BCUT2D eigenvalue weighted by atomic mass is 35.5. The summed E-state index contributed by atoms with van der Waals surface area (Å²) in [7, 11) is 0. The van der Waals surface area contributed by atoms with Crippen molar-refractivity contribution in [2.24, 2.45) is 5.92 Å². The van der Waals surface area contributed by atoms with Crippen LogP contribution in [-0.4, -0.2) is 27.9 Å². The van der Waals surface area contributed by atoms with E-state index in [1.54, 1.807) is 4.68 Å². The zero-order valence-corrected chi connectivity index (χ0v) is 9.39. The van der Waals surface area contributed by atoms with Crippen LogP contribution in [0.3, 0.4) is 0 Å². The molecule has 1 aromatic rings. The van der Waals surface area contributed by atoms with Crippen LogP contribution < -0.4 is 0 Å². The van der Waals surface area contributed by atoms with E-state index in [0.717, 1.165) is 26.1 Å². The fourth-order valence-corrected chi connectivity index (χ4v) is 2.02. The first kappa shape index (κ1) is 11.3. The molecule has 0 radical (unpaired) electrons. The monoisotopic (exact) mass is 245 g/mol. The molecule has 1 aliphatic rings. The van der Waals surface area contributed by atoms with Gasteiger partial charge in [0.05, 0.1) is 17.8 Å². The van der Waals surface area contributed by atoms with Crippen molar-refractivity contribution in [3.63, 3.8) is 0 Å². The van der Waals surface area contributed by atoms with Crippen LogP contribution in [0.4, 0.5) is 5.82 Å². The molecule has 0 aliphatic carbocycles. The summed E-state index contributed by atoms with van der Waals surface area (Å²) in [6.07, 6.45) is 3.44. The minimum Gasteiger partial charge on any atom is -0.381 e. The number of nitrogens with zero attached hydrogens (tertiary/aromatic N) is 3. The van der Waals surface area contributed by atoms with E-state index in [1.165, 1.54) is 6.20 Å². The predicted molar refractivity (Wildman–Crippen MR) is 57.4 cm³/mol. The van der Waals surface area contributed by atoms with Crippen molar-refractivity contribution in [2.45, 2.75) is 19.4 Å². The van der Waals surface area contributed by atoms with Gasteiger partial charge in [0.2, 0.25) is 0 Å². The Morgan fingerprint density at radius 2 is 2.31 bits per heavy atom. The van der Waals surface area contributed by atoms with Crippen molar-refractivity contribution in [3.05, 3.63) is 21.3 Å². The SMILES string of the molecule is O=[N+]([O-])c1nn(CC2CCOCC2)cc1Cl. The van der Waals surface area contributed by atoms with E-state index in [0.29, 0.717) is 12.5 Å². The van der Waals surface area contributed by atoms with Gasteiger partial charge in [0.1, 0.15) is 0 Å². The second kappa shape index (κ2) is 4.80. The number of nitro groups is 1. The molecule has 1 aliphatic heterocycles. The molecule has 1 fully saturated rings. The molecule has 0 amide bonds. The van der Waals surface area contributed by atoms with Gasteiger partial charge in [-0.25, -0.2) is 0 Å². The first-order valence-electron chi connectivity index (χ1n) is 5.12. The number of halogens is 1. The van der Waals surface area contributed by atoms with Crippen molar-refractivity contribution in [2.75, 3.05) is 13.2 Å². The van der Waals surface area contributed by atoms with Gasteiger partial charge in [-0.2, -0.15) is 4.68 Å². The quantitative estimate of drug-likeness (QED) is 0.602. The van der Waals surface area contributed by atoms with Gasteiger partial charge in [-0.05, 0) is 23.7 Å². The van der Waals surface area contributed by atoms with E-state index in [1.807, 2.05) is 0 Å². The Kier molecular flexibility index (Phi) is 3.40. The molecular formula is C9H12ClN3O3. The minimum atomic E-state index is -0.567. The van der Waals surface area contributed by atoms with Crippen molar-refractivity contribution < 1.29 is 9.66 Å². The summed E-state index contributed by atoms with van der Waals surface area (Å²) in [6.45, 7) is 2.17. The highest BCUT2D eigenvalue weighted by molar-refractivity contribution is 6.32. The van der Waals surface area contributed by atoms with Crippen LogP contribution in [0, 0.1) is 16.0 Å². The normalized spacial score (nSPS) is 17.6. The van der Waals surface area contributed by atoms with E-state index in [4.69, 9.17) is 16.3 Å². The van der Waals surface area contributed by atoms with Gasteiger partial charge >= 0.3 is 5.82 Å². The van der Waals surface area contributed by atoms with Crippen LogP contribution in [0.5, 0.6) is 0 Å². The topological polar surface area (TPSA) is 70.2 Å². The first-order chi connectivity index (χ1) is 7.66. The molecule has 7 heteroatoms. The Labute approximate surface area is 97.3 Å². The van der Waals surface area contributed by atoms with Gasteiger partial charge in [0.25, 0.3) is 0 Å². The van der Waals surface area contributed by atoms with Gasteiger partial charge in [0, 0.05) is 13.2 Å². The lowest BCUT2D eigenvalue weighted by atomic mass is 10.0. The molecule has 0 bridgehead atoms. The number of rotatable bonds is 3. The van der Waals surface area contributed by atoms with Crippen molar-refractivity contribution in [1.29, 1.82) is 0 Å². The van der Waals surface area contributed by atoms with Crippen LogP contribution in [-0.2, 0) is 11.3 Å². The van der Waals surface area contributed by atoms with E-state index < -0.39 is 4.92 Å². The minimum absolute atomic E-state index is 0.0945. The molecular weight excluding hydrogens is 234 g/mol. The van der Waals surface area contributed by atoms with Gasteiger partial charge in [-0.15, -0.1) is 0 Å². The van der Waals surface area contributed by atoms with Crippen molar-refractivity contribution in [3.8, 4) is 0 Å². The summed E-state index contributed by atoms with van der Waals surface area (Å²) in [5.74, 6) is 0.193. The lowest BCUT2D eigenvalue weighted by molar-refractivity contribution is -0.389. The van der Waals surface area contributed by atoms with Crippen LogP contribution >= 0.6 is 11.6 Å². The summed E-state index contributed by atoms with van der Waals surface area (Å²) in [5.41, 5.74) is 0. The second-order valence-corrected chi connectivity index (χ2v) is 4.24. The molecule has 6 nitrogen and oxygen atoms in total. The van der Waals surface area contributed by atoms with E-state index in [2.05, 4.69) is 5.10 Å². The first-order valence-corrected chi connectivity index (χ1v) is 5.49. The summed E-state index contributed by atoms with van der Waals surface area (Å²) in [4.78, 5) is 9.99. The molecule has 0 aromatic carbocycles. The Hall–Kier alpha value is -1.14. The summed E-state index contributed by atoms with van der Waals surface area (Å²) >= 11 is 5.71. The molecule has 1 aromatic heterocycles. The van der Waals surface area contributed by atoms with Crippen LogP contribution in [0.2, 0.25) is 5.02 Å². The van der Waals surface area contributed by atoms with Gasteiger partial charge in [0.15, 0.2) is 5.02 Å². The molecule has 1 saturated heterocycles. The molecule has 88 valence electrons. The molecule has 16 heavy (non-hydrogen) atoms. The van der Waals surface area contributed by atoms with Crippen LogP contribution in [0.25, 0.3) is 0 Å². The predicted octanol–water partition coefficient (Wildman–Crippen LogP) is 1.87. The van der Waals surface area contributed by atoms with E-state index in [-0.39, 0.29) is 10.8 Å². The van der Waals surface area contributed by atoms with Crippen LogP contribution in [0.15, 0.2) is 6.20 Å². The van der Waals surface area contributed by atoms with E-state index >= 15 is 0 Å². The van der Waals surface area contributed by atoms with Gasteiger partial charge in [-0.3, -0.25) is 0 Å². The van der Waals surface area contributed by atoms with Crippen molar-refractivity contribution >= 4 is 17.4 Å². The lowest BCUT2D eigenvalue weighted by Crippen LogP contribution is -2.20. The summed E-state index contributed by atoms with van der Waals surface area (Å²) < 4.78 is 6.79. The molecule has 0 unspecified atom stereocenters. The molecule has 2 rings (SSSR count). The highest BCUT2D eigenvalue weighted by Crippen LogP contribution is 2.23. The standard InChI is InChI=1S/C9H12ClN3O3/c10-8-6-12(11-9(8)13(14)15)5-7-1-3-16-4-2-7/h6-7H,1-5H2. The maximum atomic E-state index is 10.6. The molecule has 0 N–H and O–H groups in total. The zero-order valence-electron chi connectivity index (χ0n) is 8.63. The summed E-state index contributed by atoms with van der Waals surface area (Å²) in [5, 5.41) is 14.5. The Morgan fingerprint density at radius 3 is 2.88 bits per heavy atom. The molecule has 0 spiro atoms. The maximum absolute atomic E-state index is 10.6. The fraction of sp³-hybridized carbons (Fsp3) is 0.667. The average Bonchev–Trinajstić information content (AvgIpc) is 2.61. The highest BCUT2D eigenvalue weighted by Gasteiger charge is 2.22. The maximum Gasteiger partial charge on any atom is 0.408 e. The Bertz CT molecular complexity index is 387. The molecule has 2 heterocycles. The number of ether oxygens (including phenoxy) is 1.